The smallest absolute Gasteiger partial charge is 0.00247 e. The van der Waals surface area contributed by atoms with E-state index in [1.807, 2.05) is 0 Å². The zero-order valence-electron chi connectivity index (χ0n) is 15.3. The minimum absolute atomic E-state index is 0.803. The molecule has 0 N–H and O–H groups in total. The number of nitrogens with zero attached hydrogens (tertiary/aromatic N) is 1. The molecule has 0 spiro atoms. The second-order valence-corrected chi connectivity index (χ2v) is 7.59. The van der Waals surface area contributed by atoms with Crippen molar-refractivity contribution in [2.45, 2.75) is 44.9 Å². The average Bonchev–Trinajstić information content (AvgIpc) is 2.59. The van der Waals surface area contributed by atoms with Gasteiger partial charge in [-0.2, -0.15) is 0 Å². The third-order valence-electron chi connectivity index (χ3n) is 5.45. The highest BCUT2D eigenvalue weighted by Crippen LogP contribution is 2.26. The fraction of sp³-hybridized carbons (Fsp3) is 0.478. The molecule has 0 heterocycles. The lowest BCUT2D eigenvalue weighted by Gasteiger charge is -2.22. The molecule has 2 aromatic carbocycles. The standard InChI is InChI=1S/C23H31N/c1-24(2)17-7-8-19-13-14-20-9-3-4-10-21(20)15-16-22-11-5-6-12-23(22)18-19/h3-6,9-12,19H,7-8,13-18H2,1-2H3. The molecule has 2 aromatic rings. The lowest BCUT2D eigenvalue weighted by Crippen LogP contribution is -2.16. The Bertz CT molecular complexity index is 644. The first-order valence-corrected chi connectivity index (χ1v) is 9.50. The summed E-state index contributed by atoms with van der Waals surface area (Å²) in [5.74, 6) is 0.803. The molecule has 0 amide bonds. The molecule has 128 valence electrons. The molecule has 0 bridgehead atoms. The van der Waals surface area contributed by atoms with Crippen LogP contribution in [0.2, 0.25) is 0 Å². The normalized spacial score (nSPS) is 18.0. The van der Waals surface area contributed by atoms with Gasteiger partial charge in [0.15, 0.2) is 0 Å². The molecule has 1 atom stereocenters. The Morgan fingerprint density at radius 3 is 1.96 bits per heavy atom. The summed E-state index contributed by atoms with van der Waals surface area (Å²) in [4.78, 5) is 2.31. The second-order valence-electron chi connectivity index (χ2n) is 7.59. The van der Waals surface area contributed by atoms with Gasteiger partial charge < -0.3 is 4.90 Å². The van der Waals surface area contributed by atoms with E-state index >= 15 is 0 Å². The van der Waals surface area contributed by atoms with E-state index in [0.29, 0.717) is 0 Å². The van der Waals surface area contributed by atoms with Gasteiger partial charge in [0.1, 0.15) is 0 Å². The number of hydrogen-bond donors (Lipinski definition) is 0. The van der Waals surface area contributed by atoms with Crippen LogP contribution < -0.4 is 0 Å². The number of rotatable bonds is 4. The Kier molecular flexibility index (Phi) is 6.09. The maximum atomic E-state index is 2.36. The summed E-state index contributed by atoms with van der Waals surface area (Å²) in [6.07, 6.45) is 8.82. The summed E-state index contributed by atoms with van der Waals surface area (Å²) in [6, 6.07) is 18.2. The van der Waals surface area contributed by atoms with E-state index < -0.39 is 0 Å². The lowest BCUT2D eigenvalue weighted by molar-refractivity contribution is 0.354. The van der Waals surface area contributed by atoms with E-state index in [1.54, 1.807) is 22.3 Å². The van der Waals surface area contributed by atoms with Crippen molar-refractivity contribution in [1.29, 1.82) is 0 Å². The van der Waals surface area contributed by atoms with Gasteiger partial charge in [0.2, 0.25) is 0 Å². The highest BCUT2D eigenvalue weighted by molar-refractivity contribution is 5.32. The average molecular weight is 322 g/mol. The summed E-state index contributed by atoms with van der Waals surface area (Å²) in [5.41, 5.74) is 6.29. The Morgan fingerprint density at radius 1 is 0.792 bits per heavy atom. The predicted octanol–water partition coefficient (Wildman–Crippen LogP) is 4.92. The van der Waals surface area contributed by atoms with Gasteiger partial charge in [0.05, 0.1) is 0 Å². The molecule has 0 radical (unpaired) electrons. The van der Waals surface area contributed by atoms with E-state index in [0.717, 1.165) is 5.92 Å². The molecular formula is C23H31N. The van der Waals surface area contributed by atoms with Crippen molar-refractivity contribution in [3.8, 4) is 0 Å². The third-order valence-corrected chi connectivity index (χ3v) is 5.45. The molecule has 24 heavy (non-hydrogen) atoms. The van der Waals surface area contributed by atoms with Crippen molar-refractivity contribution in [2.75, 3.05) is 20.6 Å². The summed E-state index contributed by atoms with van der Waals surface area (Å²) in [6.45, 7) is 1.20. The number of hydrogen-bond acceptors (Lipinski definition) is 1. The number of benzene rings is 2. The van der Waals surface area contributed by atoms with Crippen molar-refractivity contribution in [3.05, 3.63) is 70.8 Å². The first kappa shape index (κ1) is 17.2. The third kappa shape index (κ3) is 4.70. The molecule has 3 rings (SSSR count). The van der Waals surface area contributed by atoms with E-state index in [2.05, 4.69) is 67.5 Å². The van der Waals surface area contributed by atoms with E-state index in [-0.39, 0.29) is 0 Å². The lowest BCUT2D eigenvalue weighted by atomic mass is 9.84. The molecular weight excluding hydrogens is 290 g/mol. The van der Waals surface area contributed by atoms with Gasteiger partial charge in [-0.15, -0.1) is 0 Å². The molecule has 0 aliphatic heterocycles. The molecule has 0 aromatic heterocycles. The zero-order chi connectivity index (χ0) is 16.8. The van der Waals surface area contributed by atoms with Crippen LogP contribution in [0.1, 0.15) is 41.5 Å². The Labute approximate surface area is 147 Å². The Hall–Kier alpha value is -1.60. The minimum atomic E-state index is 0.803. The van der Waals surface area contributed by atoms with Crippen molar-refractivity contribution in [1.82, 2.24) is 4.90 Å². The number of fused-ring (bicyclic) bond motifs is 2. The van der Waals surface area contributed by atoms with Crippen molar-refractivity contribution >= 4 is 0 Å². The maximum Gasteiger partial charge on any atom is -0.00247 e. The molecule has 0 fully saturated rings. The molecule has 1 nitrogen and oxygen atoms in total. The van der Waals surface area contributed by atoms with Gasteiger partial charge in [0.25, 0.3) is 0 Å². The van der Waals surface area contributed by atoms with E-state index in [4.69, 9.17) is 0 Å². The van der Waals surface area contributed by atoms with Gasteiger partial charge in [-0.05, 0) is 93.8 Å². The Balaban J connectivity index is 1.80. The SMILES string of the molecule is CN(C)CCCC1CCc2ccccc2CCc2ccccc2C1. The first-order chi connectivity index (χ1) is 11.7. The summed E-state index contributed by atoms with van der Waals surface area (Å²) < 4.78 is 0. The highest BCUT2D eigenvalue weighted by atomic mass is 15.0. The van der Waals surface area contributed by atoms with Gasteiger partial charge in [-0.1, -0.05) is 48.5 Å². The molecule has 1 heteroatoms. The second kappa shape index (κ2) is 8.48. The van der Waals surface area contributed by atoms with Crippen LogP contribution >= 0.6 is 0 Å². The zero-order valence-corrected chi connectivity index (χ0v) is 15.3. The topological polar surface area (TPSA) is 3.24 Å². The highest BCUT2D eigenvalue weighted by Gasteiger charge is 2.16. The van der Waals surface area contributed by atoms with Crippen LogP contribution in [0.15, 0.2) is 48.5 Å². The maximum absolute atomic E-state index is 2.36. The summed E-state index contributed by atoms with van der Waals surface area (Å²) in [5, 5.41) is 0. The van der Waals surface area contributed by atoms with Crippen LogP contribution in [0.4, 0.5) is 0 Å². The molecule has 0 saturated carbocycles. The fourth-order valence-electron chi connectivity index (χ4n) is 4.03. The van der Waals surface area contributed by atoms with Gasteiger partial charge in [-0.3, -0.25) is 0 Å². The summed E-state index contributed by atoms with van der Waals surface area (Å²) in [7, 11) is 4.36. The van der Waals surface area contributed by atoms with Crippen LogP contribution in [0.3, 0.4) is 0 Å². The molecule has 0 saturated heterocycles. The fourth-order valence-corrected chi connectivity index (χ4v) is 4.03. The van der Waals surface area contributed by atoms with Gasteiger partial charge in [-0.25, -0.2) is 0 Å². The number of aryl methyl sites for hydroxylation is 3. The predicted molar refractivity (Wildman–Crippen MR) is 104 cm³/mol. The van der Waals surface area contributed by atoms with Gasteiger partial charge >= 0.3 is 0 Å². The van der Waals surface area contributed by atoms with Crippen LogP contribution in [0.25, 0.3) is 0 Å². The van der Waals surface area contributed by atoms with E-state index in [9.17, 15) is 0 Å². The largest absolute Gasteiger partial charge is 0.309 e. The monoisotopic (exact) mass is 321 g/mol. The van der Waals surface area contributed by atoms with Crippen LogP contribution in [0, 0.1) is 5.92 Å². The summed E-state index contributed by atoms with van der Waals surface area (Å²) >= 11 is 0. The van der Waals surface area contributed by atoms with Crippen LogP contribution in [0.5, 0.6) is 0 Å². The quantitative estimate of drug-likeness (QED) is 0.772. The van der Waals surface area contributed by atoms with Crippen molar-refractivity contribution in [3.63, 3.8) is 0 Å². The van der Waals surface area contributed by atoms with Crippen LogP contribution in [-0.2, 0) is 25.7 Å². The molecule has 1 aliphatic carbocycles. The molecule has 1 aliphatic rings. The first-order valence-electron chi connectivity index (χ1n) is 9.50. The van der Waals surface area contributed by atoms with E-state index in [1.165, 1.54) is 51.5 Å². The molecule has 1 unspecified atom stereocenters. The minimum Gasteiger partial charge on any atom is -0.309 e. The van der Waals surface area contributed by atoms with Crippen molar-refractivity contribution < 1.29 is 0 Å². The van der Waals surface area contributed by atoms with Gasteiger partial charge in [0, 0.05) is 0 Å². The van der Waals surface area contributed by atoms with Crippen LogP contribution in [-0.4, -0.2) is 25.5 Å². The Morgan fingerprint density at radius 2 is 1.33 bits per heavy atom. The van der Waals surface area contributed by atoms with Crippen molar-refractivity contribution in [2.24, 2.45) is 5.92 Å².